The number of phenolic OH excluding ortho intramolecular Hbond substituents is 1. The van der Waals surface area contributed by atoms with Crippen molar-refractivity contribution < 1.29 is 14.8 Å². The number of hydrogen-bond acceptors (Lipinski definition) is 6. The Bertz CT molecular complexity index is 1040. The number of thioether (sulfide) groups is 1. The Morgan fingerprint density at radius 2 is 2.15 bits per heavy atom. The maximum atomic E-state index is 12.2. The molecule has 2 N–H and O–H groups in total. The average molecular weight is 516 g/mol. The third kappa shape index (κ3) is 4.25. The number of nitro groups is 1. The normalized spacial score (nSPS) is 16.8. The first-order valence-corrected chi connectivity index (χ1v) is 9.75. The van der Waals surface area contributed by atoms with Gasteiger partial charge in [0.2, 0.25) is 5.75 Å². The highest BCUT2D eigenvalue weighted by Crippen LogP contribution is 2.35. The molecule has 0 radical (unpaired) electrons. The van der Waals surface area contributed by atoms with Gasteiger partial charge in [0, 0.05) is 11.1 Å². The Balaban J connectivity index is 1.93. The topological polar surface area (TPSA) is 105 Å². The molecule has 2 aromatic carbocycles. The number of halogens is 2. The van der Waals surface area contributed by atoms with Crippen LogP contribution < -0.4 is 5.32 Å². The molecule has 0 aromatic heterocycles. The second-order valence-corrected chi connectivity index (χ2v) is 8.09. The lowest BCUT2D eigenvalue weighted by Crippen LogP contribution is -2.19. The van der Waals surface area contributed by atoms with Gasteiger partial charge < -0.3 is 10.4 Å². The van der Waals surface area contributed by atoms with Gasteiger partial charge in [0.25, 0.3) is 5.91 Å². The molecule has 0 unspecified atom stereocenters. The maximum Gasteiger partial charge on any atom is 0.312 e. The highest BCUT2D eigenvalue weighted by molar-refractivity contribution is 14.1. The third-order valence-electron chi connectivity index (χ3n) is 3.67. The van der Waals surface area contributed by atoms with Crippen molar-refractivity contribution in [2.75, 3.05) is 0 Å². The first kappa shape index (κ1) is 19.6. The number of nitrogens with one attached hydrogen (secondary N) is 1. The number of carbonyl (C=O) groups excluding carboxylic acids is 1. The lowest BCUT2D eigenvalue weighted by molar-refractivity contribution is -0.386. The summed E-state index contributed by atoms with van der Waals surface area (Å²) in [6.07, 6.45) is 1.52. The van der Waals surface area contributed by atoms with Gasteiger partial charge in [-0.25, -0.2) is 4.99 Å². The standard InChI is InChI=1S/C17H11ClIN3O4S/c1-8-10(18)3-2-4-12(8)20-17-21-16(24)14(27-17)7-9-5-11(19)15(23)13(6-9)22(25)26/h2-7,23H,1H3,(H,20,21,24)/b14-7-. The molecule has 0 bridgehead atoms. The van der Waals surface area contributed by atoms with Crippen molar-refractivity contribution in [3.8, 4) is 5.75 Å². The minimum Gasteiger partial charge on any atom is -0.501 e. The van der Waals surface area contributed by atoms with Crippen molar-refractivity contribution in [3.63, 3.8) is 0 Å². The minimum atomic E-state index is -0.670. The van der Waals surface area contributed by atoms with Crippen LogP contribution in [0.4, 0.5) is 11.4 Å². The maximum absolute atomic E-state index is 12.2. The van der Waals surface area contributed by atoms with Gasteiger partial charge in [-0.05, 0) is 76.7 Å². The Morgan fingerprint density at radius 1 is 1.41 bits per heavy atom. The summed E-state index contributed by atoms with van der Waals surface area (Å²) in [5, 5.41) is 24.5. The molecule has 1 aliphatic heterocycles. The molecule has 7 nitrogen and oxygen atoms in total. The molecule has 0 atom stereocenters. The quantitative estimate of drug-likeness (QED) is 0.265. The monoisotopic (exact) mass is 515 g/mol. The number of aliphatic imine (C=N–C) groups is 1. The largest absolute Gasteiger partial charge is 0.501 e. The molecule has 138 valence electrons. The number of amides is 1. The van der Waals surface area contributed by atoms with Crippen molar-refractivity contribution in [1.82, 2.24) is 5.32 Å². The fourth-order valence-corrected chi connectivity index (χ4v) is 3.93. The Kier molecular flexibility index (Phi) is 5.72. The number of amidine groups is 1. The zero-order valence-corrected chi connectivity index (χ0v) is 17.4. The van der Waals surface area contributed by atoms with Crippen LogP contribution in [0.1, 0.15) is 11.1 Å². The number of aromatic hydroxyl groups is 1. The first-order valence-electron chi connectivity index (χ1n) is 7.48. The van der Waals surface area contributed by atoms with E-state index >= 15 is 0 Å². The Morgan fingerprint density at radius 3 is 2.85 bits per heavy atom. The van der Waals surface area contributed by atoms with Gasteiger partial charge in [-0.15, -0.1) is 0 Å². The highest BCUT2D eigenvalue weighted by Gasteiger charge is 2.25. The fourth-order valence-electron chi connectivity index (χ4n) is 2.29. The van der Waals surface area contributed by atoms with E-state index in [1.807, 2.05) is 6.92 Å². The molecule has 10 heteroatoms. The smallest absolute Gasteiger partial charge is 0.312 e. The van der Waals surface area contributed by atoms with E-state index in [1.54, 1.807) is 46.9 Å². The van der Waals surface area contributed by atoms with E-state index in [0.29, 0.717) is 29.9 Å². The zero-order valence-electron chi connectivity index (χ0n) is 13.7. The van der Waals surface area contributed by atoms with Crippen LogP contribution in [0, 0.1) is 20.6 Å². The van der Waals surface area contributed by atoms with Crippen LogP contribution in [0.25, 0.3) is 6.08 Å². The third-order valence-corrected chi connectivity index (χ3v) is 5.81. The number of carbonyl (C=O) groups is 1. The van der Waals surface area contributed by atoms with Crippen LogP contribution in [0.2, 0.25) is 5.02 Å². The van der Waals surface area contributed by atoms with E-state index in [9.17, 15) is 20.0 Å². The molecule has 1 aliphatic rings. The minimum absolute atomic E-state index is 0.320. The zero-order chi connectivity index (χ0) is 19.7. The molecule has 1 fully saturated rings. The van der Waals surface area contributed by atoms with Gasteiger partial charge in [-0.1, -0.05) is 17.7 Å². The van der Waals surface area contributed by atoms with Crippen LogP contribution in [0.3, 0.4) is 0 Å². The van der Waals surface area contributed by atoms with Gasteiger partial charge in [-0.2, -0.15) is 0 Å². The summed E-state index contributed by atoms with van der Waals surface area (Å²) in [4.78, 5) is 27.3. The van der Waals surface area contributed by atoms with E-state index in [1.165, 1.54) is 12.1 Å². The molecule has 0 aliphatic carbocycles. The van der Waals surface area contributed by atoms with Crippen LogP contribution in [0.5, 0.6) is 5.75 Å². The second kappa shape index (κ2) is 7.87. The number of rotatable bonds is 3. The number of phenols is 1. The van der Waals surface area contributed by atoms with Crippen LogP contribution in [0.15, 0.2) is 40.2 Å². The van der Waals surface area contributed by atoms with Gasteiger partial charge in [0.1, 0.15) is 0 Å². The summed E-state index contributed by atoms with van der Waals surface area (Å²) >= 11 is 9.00. The summed E-state index contributed by atoms with van der Waals surface area (Å²) in [5.74, 6) is -0.755. The molecule has 2 aromatic rings. The van der Waals surface area contributed by atoms with Gasteiger partial charge in [0.15, 0.2) is 5.17 Å². The molecular formula is C17H11ClIN3O4S. The predicted molar refractivity (Wildman–Crippen MR) is 114 cm³/mol. The highest BCUT2D eigenvalue weighted by atomic mass is 127. The molecule has 27 heavy (non-hydrogen) atoms. The van der Waals surface area contributed by atoms with Crippen LogP contribution >= 0.6 is 46.0 Å². The Labute approximate surface area is 176 Å². The van der Waals surface area contributed by atoms with Crippen molar-refractivity contribution >= 4 is 74.5 Å². The second-order valence-electron chi connectivity index (χ2n) is 5.49. The number of hydrogen-bond donors (Lipinski definition) is 2. The summed E-state index contributed by atoms with van der Waals surface area (Å²) in [5.41, 5.74) is 1.45. The number of nitrogens with zero attached hydrogens (tertiary/aromatic N) is 2. The van der Waals surface area contributed by atoms with Crippen LogP contribution in [-0.4, -0.2) is 21.1 Å². The van der Waals surface area contributed by atoms with Gasteiger partial charge >= 0.3 is 5.69 Å². The van der Waals surface area contributed by atoms with Crippen LogP contribution in [-0.2, 0) is 4.79 Å². The van der Waals surface area contributed by atoms with E-state index < -0.39 is 16.4 Å². The molecule has 0 saturated carbocycles. The SMILES string of the molecule is Cc1c(Cl)cccc1N=C1NC(=O)/C(=C/c2cc(I)c(O)c([N+](=O)[O-])c2)S1. The van der Waals surface area contributed by atoms with Crippen molar-refractivity contribution in [1.29, 1.82) is 0 Å². The summed E-state index contributed by atoms with van der Waals surface area (Å²) in [7, 11) is 0. The predicted octanol–water partition coefficient (Wildman–Crippen LogP) is 4.76. The van der Waals surface area contributed by atoms with Crippen molar-refractivity contribution in [3.05, 3.63) is 65.1 Å². The van der Waals surface area contributed by atoms with Crippen molar-refractivity contribution in [2.45, 2.75) is 6.92 Å². The molecule has 0 spiro atoms. The summed E-state index contributed by atoms with van der Waals surface area (Å²) in [6, 6.07) is 8.08. The lowest BCUT2D eigenvalue weighted by Gasteiger charge is -2.02. The summed E-state index contributed by atoms with van der Waals surface area (Å²) < 4.78 is 0.320. The summed E-state index contributed by atoms with van der Waals surface area (Å²) in [6.45, 7) is 1.83. The molecule has 1 amide bonds. The lowest BCUT2D eigenvalue weighted by atomic mass is 10.1. The molecule has 3 rings (SSSR count). The van der Waals surface area contributed by atoms with Gasteiger partial charge in [0.05, 0.1) is 19.1 Å². The number of nitro benzene ring substituents is 1. The van der Waals surface area contributed by atoms with Gasteiger partial charge in [-0.3, -0.25) is 14.9 Å². The van der Waals surface area contributed by atoms with E-state index in [2.05, 4.69) is 10.3 Å². The van der Waals surface area contributed by atoms with E-state index in [-0.39, 0.29) is 5.91 Å². The average Bonchev–Trinajstić information content (AvgIpc) is 2.94. The molecule has 1 heterocycles. The van der Waals surface area contributed by atoms with Crippen molar-refractivity contribution in [2.24, 2.45) is 4.99 Å². The fraction of sp³-hybridized carbons (Fsp3) is 0.0588. The Hall–Kier alpha value is -2.11. The molecule has 1 saturated heterocycles. The van der Waals surface area contributed by atoms with E-state index in [4.69, 9.17) is 11.6 Å². The number of benzene rings is 2. The van der Waals surface area contributed by atoms with E-state index in [0.717, 1.165) is 17.3 Å². The first-order chi connectivity index (χ1) is 12.8. The molecular weight excluding hydrogens is 505 g/mol.